The van der Waals surface area contributed by atoms with Gasteiger partial charge in [0, 0.05) is 17.0 Å². The Morgan fingerprint density at radius 3 is 2.64 bits per heavy atom. The van der Waals surface area contributed by atoms with E-state index in [-0.39, 0.29) is 9.88 Å². The minimum atomic E-state index is -0.516. The number of thiophene rings is 1. The number of anilines is 1. The molecule has 0 spiro atoms. The number of carbonyl (C=O) groups excluding carboxylic acids is 1. The summed E-state index contributed by atoms with van der Waals surface area (Å²) in [6.07, 6.45) is 0. The summed E-state index contributed by atoms with van der Waals surface area (Å²) in [5.74, 6) is -0.396. The van der Waals surface area contributed by atoms with Crippen LogP contribution in [0.4, 0.5) is 10.1 Å². The largest absolute Gasteiger partial charge is 0.324 e. The summed E-state index contributed by atoms with van der Waals surface area (Å²) >= 11 is 2.15. The predicted molar refractivity (Wildman–Crippen MR) is 86.5 cm³/mol. The molecule has 0 unspecified atom stereocenters. The second-order valence-electron chi connectivity index (χ2n) is 4.25. The molecule has 1 amide bonds. The van der Waals surface area contributed by atoms with E-state index in [2.05, 4.69) is 10.3 Å². The van der Waals surface area contributed by atoms with E-state index in [9.17, 15) is 14.9 Å². The molecule has 3 aromatic rings. The Labute approximate surface area is 133 Å². The van der Waals surface area contributed by atoms with Gasteiger partial charge in [0.15, 0.2) is 5.13 Å². The van der Waals surface area contributed by atoms with Crippen molar-refractivity contribution in [3.63, 3.8) is 0 Å². The molecule has 110 valence electrons. The number of amides is 1. The smallest absolute Gasteiger partial charge is 0.297 e. The molecule has 0 atom stereocenters. The molecule has 0 bridgehead atoms. The monoisotopic (exact) mass is 331 g/mol. The second kappa shape index (κ2) is 6.04. The molecular formula is C14H9N3O3S2. The Kier molecular flexibility index (Phi) is 3.94. The van der Waals surface area contributed by atoms with Gasteiger partial charge in [0.1, 0.15) is 0 Å². The van der Waals surface area contributed by atoms with Gasteiger partial charge in [-0.05, 0) is 6.07 Å². The molecular weight excluding hydrogens is 322 g/mol. The lowest BCUT2D eigenvalue weighted by Crippen LogP contribution is -2.09. The zero-order valence-electron chi connectivity index (χ0n) is 11.1. The SMILES string of the molecule is O=C(Nc1nc(-c2ccccc2)cs1)c1ccc([N+](=O)[O-])s1. The summed E-state index contributed by atoms with van der Waals surface area (Å²) in [4.78, 5) is 26.8. The van der Waals surface area contributed by atoms with Crippen LogP contribution in [0.3, 0.4) is 0 Å². The zero-order chi connectivity index (χ0) is 15.5. The molecule has 22 heavy (non-hydrogen) atoms. The minimum absolute atomic E-state index is 0.0609. The summed E-state index contributed by atoms with van der Waals surface area (Å²) in [6, 6.07) is 12.4. The van der Waals surface area contributed by atoms with Crippen molar-refractivity contribution in [2.75, 3.05) is 5.32 Å². The van der Waals surface area contributed by atoms with Gasteiger partial charge in [-0.1, -0.05) is 41.7 Å². The molecule has 0 saturated heterocycles. The topological polar surface area (TPSA) is 85.1 Å². The third-order valence-electron chi connectivity index (χ3n) is 2.79. The molecule has 1 aromatic carbocycles. The number of benzene rings is 1. The maximum Gasteiger partial charge on any atom is 0.324 e. The van der Waals surface area contributed by atoms with Crippen molar-refractivity contribution in [2.45, 2.75) is 0 Å². The van der Waals surface area contributed by atoms with Crippen LogP contribution in [0.25, 0.3) is 11.3 Å². The molecule has 0 aliphatic rings. The molecule has 0 fully saturated rings. The molecule has 1 N–H and O–H groups in total. The fourth-order valence-electron chi connectivity index (χ4n) is 1.78. The molecule has 0 saturated carbocycles. The molecule has 3 rings (SSSR count). The number of nitro groups is 1. The molecule has 8 heteroatoms. The van der Waals surface area contributed by atoms with Gasteiger partial charge in [-0.15, -0.1) is 11.3 Å². The summed E-state index contributed by atoms with van der Waals surface area (Å²) in [7, 11) is 0. The Balaban J connectivity index is 1.74. The standard InChI is InChI=1S/C14H9N3O3S2/c18-13(11-6-7-12(22-11)17(19)20)16-14-15-10(8-21-14)9-4-2-1-3-5-9/h1-8H,(H,15,16,18). The first-order valence-corrected chi connectivity index (χ1v) is 7.89. The third kappa shape index (κ3) is 3.02. The highest BCUT2D eigenvalue weighted by molar-refractivity contribution is 7.17. The van der Waals surface area contributed by atoms with Crippen LogP contribution >= 0.6 is 22.7 Å². The van der Waals surface area contributed by atoms with Gasteiger partial charge in [0.2, 0.25) is 0 Å². The fraction of sp³-hybridized carbons (Fsp3) is 0. The molecule has 0 radical (unpaired) electrons. The number of aromatic nitrogens is 1. The van der Waals surface area contributed by atoms with Crippen molar-refractivity contribution in [1.29, 1.82) is 0 Å². The highest BCUT2D eigenvalue weighted by Gasteiger charge is 2.16. The maximum atomic E-state index is 12.0. The summed E-state index contributed by atoms with van der Waals surface area (Å²) in [5, 5.41) is 15.5. The minimum Gasteiger partial charge on any atom is -0.297 e. The molecule has 2 heterocycles. The summed E-state index contributed by atoms with van der Waals surface area (Å²) in [6.45, 7) is 0. The molecule has 6 nitrogen and oxygen atoms in total. The van der Waals surface area contributed by atoms with Crippen molar-refractivity contribution in [3.05, 3.63) is 62.8 Å². The lowest BCUT2D eigenvalue weighted by Gasteiger charge is -1.98. The van der Waals surface area contributed by atoms with E-state index in [1.807, 2.05) is 35.7 Å². The van der Waals surface area contributed by atoms with Crippen molar-refractivity contribution >= 4 is 38.7 Å². The fourth-order valence-corrected chi connectivity index (χ4v) is 3.21. The van der Waals surface area contributed by atoms with Crippen LogP contribution in [0.2, 0.25) is 0 Å². The summed E-state index contributed by atoms with van der Waals surface area (Å²) in [5.41, 5.74) is 1.74. The van der Waals surface area contributed by atoms with Crippen molar-refractivity contribution in [2.24, 2.45) is 0 Å². The number of rotatable bonds is 4. The van der Waals surface area contributed by atoms with Crippen LogP contribution in [0.1, 0.15) is 9.67 Å². The normalized spacial score (nSPS) is 10.4. The quantitative estimate of drug-likeness (QED) is 0.577. The second-order valence-corrected chi connectivity index (χ2v) is 6.17. The number of thiazole rings is 1. The zero-order valence-corrected chi connectivity index (χ0v) is 12.7. The molecule has 0 aliphatic carbocycles. The lowest BCUT2D eigenvalue weighted by molar-refractivity contribution is -0.380. The van der Waals surface area contributed by atoms with E-state index in [1.54, 1.807) is 0 Å². The van der Waals surface area contributed by atoms with Crippen molar-refractivity contribution in [1.82, 2.24) is 4.98 Å². The Morgan fingerprint density at radius 2 is 1.95 bits per heavy atom. The van der Waals surface area contributed by atoms with Gasteiger partial charge >= 0.3 is 5.00 Å². The maximum absolute atomic E-state index is 12.0. The number of carbonyl (C=O) groups is 1. The van der Waals surface area contributed by atoms with Crippen LogP contribution in [0.15, 0.2) is 47.8 Å². The van der Waals surface area contributed by atoms with Crippen LogP contribution in [-0.2, 0) is 0 Å². The van der Waals surface area contributed by atoms with E-state index in [1.165, 1.54) is 23.5 Å². The number of nitrogens with zero attached hydrogens (tertiary/aromatic N) is 2. The van der Waals surface area contributed by atoms with E-state index in [4.69, 9.17) is 0 Å². The van der Waals surface area contributed by atoms with Gasteiger partial charge in [0.25, 0.3) is 5.91 Å². The first kappa shape index (κ1) is 14.4. The third-order valence-corrected chi connectivity index (χ3v) is 4.58. The van der Waals surface area contributed by atoms with Gasteiger partial charge in [-0.25, -0.2) is 4.98 Å². The molecule has 2 aromatic heterocycles. The number of hydrogen-bond acceptors (Lipinski definition) is 6. The van der Waals surface area contributed by atoms with Crippen LogP contribution in [-0.4, -0.2) is 15.8 Å². The van der Waals surface area contributed by atoms with E-state index >= 15 is 0 Å². The Bertz CT molecular complexity index is 827. The van der Waals surface area contributed by atoms with Gasteiger partial charge in [0.05, 0.1) is 15.5 Å². The number of hydrogen-bond donors (Lipinski definition) is 1. The average molecular weight is 331 g/mol. The van der Waals surface area contributed by atoms with E-state index in [0.29, 0.717) is 5.13 Å². The highest BCUT2D eigenvalue weighted by atomic mass is 32.1. The predicted octanol–water partition coefficient (Wildman–Crippen LogP) is 4.03. The van der Waals surface area contributed by atoms with E-state index in [0.717, 1.165) is 22.6 Å². The first-order valence-electron chi connectivity index (χ1n) is 6.20. The average Bonchev–Trinajstić information content (AvgIpc) is 3.17. The van der Waals surface area contributed by atoms with Gasteiger partial charge in [-0.3, -0.25) is 20.2 Å². The Morgan fingerprint density at radius 1 is 1.18 bits per heavy atom. The van der Waals surface area contributed by atoms with Gasteiger partial charge in [-0.2, -0.15) is 0 Å². The molecule has 0 aliphatic heterocycles. The Hall–Kier alpha value is -2.58. The van der Waals surface area contributed by atoms with E-state index < -0.39 is 10.8 Å². The highest BCUT2D eigenvalue weighted by Crippen LogP contribution is 2.27. The van der Waals surface area contributed by atoms with Crippen molar-refractivity contribution in [3.8, 4) is 11.3 Å². The van der Waals surface area contributed by atoms with Gasteiger partial charge < -0.3 is 0 Å². The van der Waals surface area contributed by atoms with Crippen molar-refractivity contribution < 1.29 is 9.72 Å². The first-order chi connectivity index (χ1) is 10.6. The van der Waals surface area contributed by atoms with Crippen LogP contribution in [0, 0.1) is 10.1 Å². The van der Waals surface area contributed by atoms with Crippen LogP contribution in [0.5, 0.6) is 0 Å². The lowest BCUT2D eigenvalue weighted by atomic mass is 10.2. The summed E-state index contributed by atoms with van der Waals surface area (Å²) < 4.78 is 0. The number of nitrogens with one attached hydrogen (secondary N) is 1. The van der Waals surface area contributed by atoms with Crippen LogP contribution < -0.4 is 5.32 Å².